The largest absolute Gasteiger partial charge is 0.357 e. The standard InChI is InChI=1S/C16H19FN6/c1-21(2)9-10-22(3)15-8-7-14-18-19-16(23(14)20-15)12-5-4-6-13(17)11-12/h4-8,11H,9-10H2,1-3H3. The fourth-order valence-electron chi connectivity index (χ4n) is 2.25. The van der Waals surface area contributed by atoms with Crippen molar-refractivity contribution in [2.24, 2.45) is 0 Å². The van der Waals surface area contributed by atoms with Crippen molar-refractivity contribution in [3.8, 4) is 11.4 Å². The third-order valence-electron chi connectivity index (χ3n) is 3.61. The van der Waals surface area contributed by atoms with Crippen LogP contribution < -0.4 is 4.90 Å². The van der Waals surface area contributed by atoms with Crippen LogP contribution in [0.2, 0.25) is 0 Å². The van der Waals surface area contributed by atoms with Gasteiger partial charge < -0.3 is 9.80 Å². The number of hydrogen-bond donors (Lipinski definition) is 0. The first-order valence-corrected chi connectivity index (χ1v) is 7.39. The highest BCUT2D eigenvalue weighted by Crippen LogP contribution is 2.20. The van der Waals surface area contributed by atoms with Crippen LogP contribution in [0.3, 0.4) is 0 Å². The molecule has 0 radical (unpaired) electrons. The van der Waals surface area contributed by atoms with Gasteiger partial charge in [-0.25, -0.2) is 4.39 Å². The van der Waals surface area contributed by atoms with Crippen LogP contribution in [0, 0.1) is 5.82 Å². The predicted octanol–water partition coefficient (Wildman–Crippen LogP) is 1.93. The Labute approximate surface area is 134 Å². The van der Waals surface area contributed by atoms with Crippen molar-refractivity contribution in [1.82, 2.24) is 24.7 Å². The second kappa shape index (κ2) is 6.29. The number of halogens is 1. The van der Waals surface area contributed by atoms with Gasteiger partial charge in [-0.3, -0.25) is 0 Å². The molecular formula is C16H19FN6. The summed E-state index contributed by atoms with van der Waals surface area (Å²) in [6, 6.07) is 10.1. The van der Waals surface area contributed by atoms with E-state index in [-0.39, 0.29) is 5.82 Å². The van der Waals surface area contributed by atoms with Crippen molar-refractivity contribution < 1.29 is 4.39 Å². The molecule has 2 heterocycles. The Morgan fingerprint density at radius 2 is 1.87 bits per heavy atom. The molecule has 0 bridgehead atoms. The van der Waals surface area contributed by atoms with Gasteiger partial charge in [0.2, 0.25) is 0 Å². The molecule has 23 heavy (non-hydrogen) atoms. The highest BCUT2D eigenvalue weighted by Gasteiger charge is 2.12. The molecule has 0 saturated heterocycles. The van der Waals surface area contributed by atoms with Gasteiger partial charge >= 0.3 is 0 Å². The number of anilines is 1. The monoisotopic (exact) mass is 314 g/mol. The van der Waals surface area contributed by atoms with Crippen LogP contribution in [0.4, 0.5) is 10.2 Å². The average Bonchev–Trinajstić information content (AvgIpc) is 2.95. The number of benzene rings is 1. The Morgan fingerprint density at radius 1 is 1.04 bits per heavy atom. The van der Waals surface area contributed by atoms with Crippen molar-refractivity contribution in [2.75, 3.05) is 39.1 Å². The second-order valence-corrected chi connectivity index (χ2v) is 5.72. The van der Waals surface area contributed by atoms with Crippen LogP contribution in [-0.2, 0) is 0 Å². The highest BCUT2D eigenvalue weighted by molar-refractivity contribution is 5.59. The van der Waals surface area contributed by atoms with Gasteiger partial charge in [-0.15, -0.1) is 15.3 Å². The van der Waals surface area contributed by atoms with Gasteiger partial charge in [0.25, 0.3) is 0 Å². The van der Waals surface area contributed by atoms with Gasteiger partial charge in [0.1, 0.15) is 11.6 Å². The number of fused-ring (bicyclic) bond motifs is 1. The van der Waals surface area contributed by atoms with E-state index in [0.717, 1.165) is 18.9 Å². The maximum Gasteiger partial charge on any atom is 0.185 e. The van der Waals surface area contributed by atoms with Crippen LogP contribution >= 0.6 is 0 Å². The average molecular weight is 314 g/mol. The maximum atomic E-state index is 13.5. The fraction of sp³-hybridized carbons (Fsp3) is 0.312. The minimum absolute atomic E-state index is 0.307. The summed E-state index contributed by atoms with van der Waals surface area (Å²) >= 11 is 0. The van der Waals surface area contributed by atoms with Gasteiger partial charge in [0.15, 0.2) is 11.5 Å². The van der Waals surface area contributed by atoms with Crippen molar-refractivity contribution in [2.45, 2.75) is 0 Å². The van der Waals surface area contributed by atoms with E-state index < -0.39 is 0 Å². The molecule has 0 aliphatic heterocycles. The van der Waals surface area contributed by atoms with Crippen molar-refractivity contribution in [1.29, 1.82) is 0 Å². The molecule has 0 amide bonds. The number of rotatable bonds is 5. The van der Waals surface area contributed by atoms with E-state index in [4.69, 9.17) is 0 Å². The lowest BCUT2D eigenvalue weighted by Gasteiger charge is -2.20. The Hall–Kier alpha value is -2.54. The molecule has 0 saturated carbocycles. The molecule has 0 spiro atoms. The zero-order valence-corrected chi connectivity index (χ0v) is 13.4. The summed E-state index contributed by atoms with van der Waals surface area (Å²) in [5.41, 5.74) is 1.28. The quantitative estimate of drug-likeness (QED) is 0.720. The van der Waals surface area contributed by atoms with Crippen LogP contribution in [0.25, 0.3) is 17.0 Å². The minimum Gasteiger partial charge on any atom is -0.357 e. The zero-order valence-electron chi connectivity index (χ0n) is 13.4. The van der Waals surface area contributed by atoms with E-state index >= 15 is 0 Å². The second-order valence-electron chi connectivity index (χ2n) is 5.72. The molecule has 3 rings (SSSR count). The summed E-state index contributed by atoms with van der Waals surface area (Å²) in [4.78, 5) is 4.18. The molecule has 1 aromatic carbocycles. The van der Waals surface area contributed by atoms with Crippen LogP contribution in [0.1, 0.15) is 0 Å². The highest BCUT2D eigenvalue weighted by atomic mass is 19.1. The Bertz CT molecular complexity index is 813. The molecule has 6 nitrogen and oxygen atoms in total. The number of aromatic nitrogens is 4. The van der Waals surface area contributed by atoms with Gasteiger partial charge in [-0.2, -0.15) is 4.52 Å². The Kier molecular flexibility index (Phi) is 4.20. The maximum absolute atomic E-state index is 13.5. The molecular weight excluding hydrogens is 295 g/mol. The van der Waals surface area contributed by atoms with Gasteiger partial charge in [-0.1, -0.05) is 12.1 Å². The van der Waals surface area contributed by atoms with E-state index in [0.29, 0.717) is 17.0 Å². The topological polar surface area (TPSA) is 49.6 Å². The number of nitrogens with zero attached hydrogens (tertiary/aromatic N) is 6. The van der Waals surface area contributed by atoms with Crippen molar-refractivity contribution in [3.63, 3.8) is 0 Å². The summed E-state index contributed by atoms with van der Waals surface area (Å²) in [5.74, 6) is 1.04. The fourth-order valence-corrected chi connectivity index (χ4v) is 2.25. The summed E-state index contributed by atoms with van der Waals surface area (Å²) in [5, 5.41) is 12.8. The molecule has 0 N–H and O–H groups in total. The van der Waals surface area contributed by atoms with Gasteiger partial charge in [0.05, 0.1) is 0 Å². The first-order valence-electron chi connectivity index (χ1n) is 7.39. The van der Waals surface area contributed by atoms with Crippen molar-refractivity contribution >= 4 is 11.5 Å². The minimum atomic E-state index is -0.307. The van der Waals surface area contributed by atoms with Gasteiger partial charge in [-0.05, 0) is 38.4 Å². The van der Waals surface area contributed by atoms with Crippen molar-refractivity contribution in [3.05, 3.63) is 42.2 Å². The smallest absolute Gasteiger partial charge is 0.185 e. The van der Waals surface area contributed by atoms with E-state index in [2.05, 4.69) is 25.1 Å². The van der Waals surface area contributed by atoms with E-state index in [9.17, 15) is 4.39 Å². The SMILES string of the molecule is CN(C)CCN(C)c1ccc2nnc(-c3cccc(F)c3)n2n1. The van der Waals surface area contributed by atoms with E-state index in [1.165, 1.54) is 12.1 Å². The summed E-state index contributed by atoms with van der Waals surface area (Å²) in [6.07, 6.45) is 0. The zero-order chi connectivity index (χ0) is 16.4. The molecule has 0 aliphatic carbocycles. The van der Waals surface area contributed by atoms with E-state index in [1.54, 1.807) is 16.6 Å². The predicted molar refractivity (Wildman–Crippen MR) is 88.0 cm³/mol. The summed E-state index contributed by atoms with van der Waals surface area (Å²) < 4.78 is 15.1. The van der Waals surface area contributed by atoms with Gasteiger partial charge in [0, 0.05) is 25.7 Å². The first-order chi connectivity index (χ1) is 11.0. The molecule has 120 valence electrons. The molecule has 0 unspecified atom stereocenters. The number of likely N-dealkylation sites (N-methyl/N-ethyl adjacent to an activating group) is 2. The first kappa shape index (κ1) is 15.4. The molecule has 0 aliphatic rings. The molecule has 0 fully saturated rings. The number of hydrogen-bond acceptors (Lipinski definition) is 5. The lowest BCUT2D eigenvalue weighted by Crippen LogP contribution is -2.29. The molecule has 2 aromatic heterocycles. The lowest BCUT2D eigenvalue weighted by molar-refractivity contribution is 0.416. The summed E-state index contributed by atoms with van der Waals surface area (Å²) in [7, 11) is 6.06. The molecule has 7 heteroatoms. The van der Waals surface area contributed by atoms with Crippen LogP contribution in [0.15, 0.2) is 36.4 Å². The molecule has 0 atom stereocenters. The normalized spacial score (nSPS) is 11.3. The Morgan fingerprint density at radius 3 is 2.61 bits per heavy atom. The van der Waals surface area contributed by atoms with Crippen LogP contribution in [-0.4, -0.2) is 58.9 Å². The molecule has 3 aromatic rings. The lowest BCUT2D eigenvalue weighted by atomic mass is 10.2. The third kappa shape index (κ3) is 3.29. The summed E-state index contributed by atoms with van der Waals surface area (Å²) in [6.45, 7) is 1.78. The third-order valence-corrected chi connectivity index (χ3v) is 3.61. The van der Waals surface area contributed by atoms with Crippen LogP contribution in [0.5, 0.6) is 0 Å². The van der Waals surface area contributed by atoms with E-state index in [1.807, 2.05) is 33.3 Å². The Balaban J connectivity index is 1.97.